The van der Waals surface area contributed by atoms with Gasteiger partial charge in [-0.25, -0.2) is 8.42 Å². The first-order valence-corrected chi connectivity index (χ1v) is 6.52. The SMILES string of the molecule is CC(C)CN(C)S(=O)(=O)c1[nH]ncc1CN. The van der Waals surface area contributed by atoms with E-state index in [-0.39, 0.29) is 17.5 Å². The smallest absolute Gasteiger partial charge is 0.260 e. The molecule has 16 heavy (non-hydrogen) atoms. The molecule has 3 N–H and O–H groups in total. The van der Waals surface area contributed by atoms with Crippen LogP contribution in [-0.2, 0) is 16.6 Å². The van der Waals surface area contributed by atoms with Crippen molar-refractivity contribution in [3.63, 3.8) is 0 Å². The zero-order valence-electron chi connectivity index (χ0n) is 9.77. The van der Waals surface area contributed by atoms with Gasteiger partial charge in [0, 0.05) is 25.7 Å². The largest absolute Gasteiger partial charge is 0.326 e. The summed E-state index contributed by atoms with van der Waals surface area (Å²) in [6.45, 7) is 4.54. The summed E-state index contributed by atoms with van der Waals surface area (Å²) in [5, 5.41) is 6.30. The second-order valence-electron chi connectivity index (χ2n) is 4.11. The molecule has 0 bridgehead atoms. The van der Waals surface area contributed by atoms with Crippen molar-refractivity contribution >= 4 is 10.0 Å². The van der Waals surface area contributed by atoms with Crippen LogP contribution in [0.2, 0.25) is 0 Å². The lowest BCUT2D eigenvalue weighted by molar-refractivity contribution is 0.415. The summed E-state index contributed by atoms with van der Waals surface area (Å²) < 4.78 is 25.5. The molecule has 0 fully saturated rings. The topological polar surface area (TPSA) is 92.1 Å². The van der Waals surface area contributed by atoms with Crippen LogP contribution >= 0.6 is 0 Å². The van der Waals surface area contributed by atoms with Crippen molar-refractivity contribution in [3.8, 4) is 0 Å². The van der Waals surface area contributed by atoms with Gasteiger partial charge >= 0.3 is 0 Å². The number of hydrogen-bond acceptors (Lipinski definition) is 4. The molecule has 0 spiro atoms. The number of nitrogens with two attached hydrogens (primary N) is 1. The summed E-state index contributed by atoms with van der Waals surface area (Å²) in [6, 6.07) is 0. The second kappa shape index (κ2) is 4.94. The fourth-order valence-corrected chi connectivity index (χ4v) is 2.88. The van der Waals surface area contributed by atoms with E-state index in [1.165, 1.54) is 10.5 Å². The van der Waals surface area contributed by atoms with Gasteiger partial charge in [0.2, 0.25) is 0 Å². The third kappa shape index (κ3) is 2.60. The van der Waals surface area contributed by atoms with Gasteiger partial charge in [0.15, 0.2) is 5.03 Å². The number of sulfonamides is 1. The third-order valence-electron chi connectivity index (χ3n) is 2.19. The Labute approximate surface area is 95.9 Å². The number of rotatable bonds is 5. The van der Waals surface area contributed by atoms with Gasteiger partial charge < -0.3 is 5.73 Å². The molecule has 0 saturated heterocycles. The Morgan fingerprint density at radius 3 is 2.69 bits per heavy atom. The Morgan fingerprint density at radius 2 is 2.19 bits per heavy atom. The molecule has 0 aliphatic rings. The molecular formula is C9H18N4O2S. The highest BCUT2D eigenvalue weighted by Gasteiger charge is 2.25. The molecule has 0 aliphatic heterocycles. The monoisotopic (exact) mass is 246 g/mol. The van der Waals surface area contributed by atoms with E-state index in [1.54, 1.807) is 7.05 Å². The predicted octanol–water partition coefficient (Wildman–Crippen LogP) is 0.145. The summed E-state index contributed by atoms with van der Waals surface area (Å²) in [7, 11) is -1.95. The summed E-state index contributed by atoms with van der Waals surface area (Å²) in [5.74, 6) is 0.268. The van der Waals surface area contributed by atoms with Gasteiger partial charge in [-0.1, -0.05) is 13.8 Å². The van der Waals surface area contributed by atoms with Crippen LogP contribution in [0.1, 0.15) is 19.4 Å². The van der Waals surface area contributed by atoms with E-state index in [1.807, 2.05) is 13.8 Å². The Morgan fingerprint density at radius 1 is 1.56 bits per heavy atom. The van der Waals surface area contributed by atoms with E-state index in [4.69, 9.17) is 5.73 Å². The first-order valence-electron chi connectivity index (χ1n) is 5.08. The van der Waals surface area contributed by atoms with Crippen LogP contribution < -0.4 is 5.73 Å². The Bertz CT molecular complexity index is 438. The lowest BCUT2D eigenvalue weighted by Gasteiger charge is -2.18. The molecule has 1 aromatic rings. The van der Waals surface area contributed by atoms with Crippen LogP contribution in [0, 0.1) is 5.92 Å². The maximum Gasteiger partial charge on any atom is 0.260 e. The van der Waals surface area contributed by atoms with Crippen LogP contribution in [-0.4, -0.2) is 36.5 Å². The van der Waals surface area contributed by atoms with E-state index in [0.29, 0.717) is 12.1 Å². The fourth-order valence-electron chi connectivity index (χ4n) is 1.44. The van der Waals surface area contributed by atoms with Crippen LogP contribution in [0.15, 0.2) is 11.2 Å². The molecule has 0 aromatic carbocycles. The van der Waals surface area contributed by atoms with Gasteiger partial charge in [-0.2, -0.15) is 9.40 Å². The molecular weight excluding hydrogens is 228 g/mol. The van der Waals surface area contributed by atoms with Gasteiger partial charge in [-0.05, 0) is 5.92 Å². The maximum absolute atomic E-state index is 12.1. The number of hydrogen-bond donors (Lipinski definition) is 2. The fraction of sp³-hybridized carbons (Fsp3) is 0.667. The van der Waals surface area contributed by atoms with E-state index >= 15 is 0 Å². The summed E-state index contributed by atoms with van der Waals surface area (Å²) in [6.07, 6.45) is 1.44. The summed E-state index contributed by atoms with van der Waals surface area (Å²) in [4.78, 5) is 0. The lowest BCUT2D eigenvalue weighted by atomic mass is 10.2. The number of nitrogens with one attached hydrogen (secondary N) is 1. The van der Waals surface area contributed by atoms with E-state index in [0.717, 1.165) is 0 Å². The number of nitrogens with zero attached hydrogens (tertiary/aromatic N) is 2. The zero-order valence-corrected chi connectivity index (χ0v) is 10.6. The Balaban J connectivity index is 3.02. The van der Waals surface area contributed by atoms with Crippen LogP contribution in [0.5, 0.6) is 0 Å². The highest BCUT2D eigenvalue weighted by atomic mass is 32.2. The highest BCUT2D eigenvalue weighted by Crippen LogP contribution is 2.16. The van der Waals surface area contributed by atoms with Crippen LogP contribution in [0.25, 0.3) is 0 Å². The van der Waals surface area contributed by atoms with Crippen molar-refractivity contribution in [2.24, 2.45) is 11.7 Å². The molecule has 6 nitrogen and oxygen atoms in total. The number of aromatic amines is 1. The predicted molar refractivity (Wildman–Crippen MR) is 61.1 cm³/mol. The minimum absolute atomic E-state index is 0.0955. The molecule has 1 heterocycles. The summed E-state index contributed by atoms with van der Waals surface area (Å²) >= 11 is 0. The third-order valence-corrected chi connectivity index (χ3v) is 4.03. The quantitative estimate of drug-likeness (QED) is 0.773. The van der Waals surface area contributed by atoms with E-state index in [2.05, 4.69) is 10.2 Å². The van der Waals surface area contributed by atoms with E-state index in [9.17, 15) is 8.42 Å². The summed E-state index contributed by atoms with van der Waals surface area (Å²) in [5.41, 5.74) is 5.96. The molecule has 92 valence electrons. The van der Waals surface area contributed by atoms with Gasteiger partial charge in [-0.3, -0.25) is 5.10 Å². The first-order chi connectivity index (χ1) is 7.39. The van der Waals surface area contributed by atoms with Gasteiger partial charge in [0.1, 0.15) is 0 Å². The molecule has 0 aliphatic carbocycles. The van der Waals surface area contributed by atoms with E-state index < -0.39 is 10.0 Å². The zero-order chi connectivity index (χ0) is 12.3. The molecule has 0 atom stereocenters. The molecule has 0 unspecified atom stereocenters. The van der Waals surface area contributed by atoms with Crippen molar-refractivity contribution in [1.29, 1.82) is 0 Å². The van der Waals surface area contributed by atoms with Crippen molar-refractivity contribution in [2.75, 3.05) is 13.6 Å². The minimum atomic E-state index is -3.50. The standard InChI is InChI=1S/C9H18N4O2S/c1-7(2)6-13(3)16(14,15)9-8(4-10)5-11-12-9/h5,7H,4,6,10H2,1-3H3,(H,11,12). The van der Waals surface area contributed by atoms with Gasteiger partial charge in [-0.15, -0.1) is 0 Å². The maximum atomic E-state index is 12.1. The molecule has 0 radical (unpaired) electrons. The van der Waals surface area contributed by atoms with Crippen molar-refractivity contribution in [1.82, 2.24) is 14.5 Å². The highest BCUT2D eigenvalue weighted by molar-refractivity contribution is 7.89. The molecule has 1 aromatic heterocycles. The Kier molecular flexibility index (Phi) is 4.06. The van der Waals surface area contributed by atoms with Crippen LogP contribution in [0.4, 0.5) is 0 Å². The first kappa shape index (κ1) is 13.1. The molecule has 1 rings (SSSR count). The van der Waals surface area contributed by atoms with Crippen molar-refractivity contribution in [3.05, 3.63) is 11.8 Å². The Hall–Kier alpha value is -0.920. The second-order valence-corrected chi connectivity index (χ2v) is 6.09. The molecule has 7 heteroatoms. The number of H-pyrrole nitrogens is 1. The lowest BCUT2D eigenvalue weighted by Crippen LogP contribution is -2.31. The normalized spacial score (nSPS) is 12.6. The number of aromatic nitrogens is 2. The minimum Gasteiger partial charge on any atom is -0.326 e. The van der Waals surface area contributed by atoms with Crippen molar-refractivity contribution in [2.45, 2.75) is 25.4 Å². The molecule has 0 saturated carbocycles. The van der Waals surface area contributed by atoms with Gasteiger partial charge in [0.25, 0.3) is 10.0 Å². The average molecular weight is 246 g/mol. The molecule has 0 amide bonds. The van der Waals surface area contributed by atoms with Crippen LogP contribution in [0.3, 0.4) is 0 Å². The van der Waals surface area contributed by atoms with Gasteiger partial charge in [0.05, 0.1) is 6.20 Å². The van der Waals surface area contributed by atoms with Crippen molar-refractivity contribution < 1.29 is 8.42 Å². The average Bonchev–Trinajstić information content (AvgIpc) is 2.64.